The Hall–Kier alpha value is -1.95. The molecular weight excluding hydrogens is 330 g/mol. The normalized spacial score (nSPS) is 28.3. The first-order chi connectivity index (χ1) is 12.4. The summed E-state index contributed by atoms with van der Waals surface area (Å²) in [6.45, 7) is 5.21. The van der Waals surface area contributed by atoms with E-state index in [2.05, 4.69) is 10.3 Å². The van der Waals surface area contributed by atoms with E-state index in [-0.39, 0.29) is 17.7 Å². The number of aryl methyl sites for hydroxylation is 2. The summed E-state index contributed by atoms with van der Waals surface area (Å²) >= 11 is 0. The Bertz CT molecular complexity index is 732. The second-order valence-electron chi connectivity index (χ2n) is 8.17. The highest BCUT2D eigenvalue weighted by Crippen LogP contribution is 2.57. The Balaban J connectivity index is 1.33. The zero-order chi connectivity index (χ0) is 18.5. The topological polar surface area (TPSA) is 71.5 Å². The monoisotopic (exact) mass is 357 g/mol. The molecule has 0 bridgehead atoms. The van der Waals surface area contributed by atoms with E-state index in [9.17, 15) is 9.59 Å². The summed E-state index contributed by atoms with van der Waals surface area (Å²) < 4.78 is 5.66. The van der Waals surface area contributed by atoms with E-state index < -0.39 is 5.60 Å². The summed E-state index contributed by atoms with van der Waals surface area (Å²) in [5, 5.41) is 3.07. The zero-order valence-electron chi connectivity index (χ0n) is 15.7. The molecular formula is C20H27N3O3. The first kappa shape index (κ1) is 17.5. The molecule has 0 radical (unpaired) electrons. The van der Waals surface area contributed by atoms with Crippen molar-refractivity contribution >= 4 is 11.8 Å². The van der Waals surface area contributed by atoms with Crippen molar-refractivity contribution in [1.82, 2.24) is 15.2 Å². The molecule has 3 fully saturated rings. The maximum atomic E-state index is 12.7. The van der Waals surface area contributed by atoms with Gasteiger partial charge in [0.15, 0.2) is 0 Å². The van der Waals surface area contributed by atoms with E-state index in [1.54, 1.807) is 12.0 Å². The number of nitrogens with one attached hydrogen (secondary N) is 1. The number of likely N-dealkylation sites (tertiary alicyclic amines) is 1. The van der Waals surface area contributed by atoms with Crippen molar-refractivity contribution in [2.75, 3.05) is 26.7 Å². The number of nitrogens with zero attached hydrogens (tertiary/aromatic N) is 2. The molecule has 1 saturated heterocycles. The molecule has 26 heavy (non-hydrogen) atoms. The molecule has 2 atom stereocenters. The summed E-state index contributed by atoms with van der Waals surface area (Å²) in [4.78, 5) is 31.2. The molecule has 6 nitrogen and oxygen atoms in total. The predicted molar refractivity (Wildman–Crippen MR) is 96.7 cm³/mol. The van der Waals surface area contributed by atoms with E-state index in [0.29, 0.717) is 37.2 Å². The number of aromatic nitrogens is 1. The number of rotatable bonds is 5. The van der Waals surface area contributed by atoms with Crippen LogP contribution in [0.15, 0.2) is 12.1 Å². The van der Waals surface area contributed by atoms with E-state index in [1.807, 2.05) is 26.0 Å². The highest BCUT2D eigenvalue weighted by molar-refractivity contribution is 5.94. The third kappa shape index (κ3) is 2.90. The number of amides is 2. The van der Waals surface area contributed by atoms with Gasteiger partial charge in [-0.1, -0.05) is 12.5 Å². The summed E-state index contributed by atoms with van der Waals surface area (Å²) in [5.41, 5.74) is 1.74. The lowest BCUT2D eigenvalue weighted by Gasteiger charge is -2.48. The molecule has 4 rings (SSSR count). The standard InChI is InChI=1S/C20H27N3O3/c1-12-7-8-13(2)22-17(12)19(25)23-10-20(11-23,26-3)9-21-18(24)16-14-5-4-6-15(14)16/h7-8,14-16H,4-6,9-11H2,1-3H3,(H,21,24). The van der Waals surface area contributed by atoms with Crippen LogP contribution in [-0.4, -0.2) is 54.0 Å². The van der Waals surface area contributed by atoms with Crippen LogP contribution in [0.2, 0.25) is 0 Å². The lowest BCUT2D eigenvalue weighted by molar-refractivity contribution is -0.130. The highest BCUT2D eigenvalue weighted by Gasteiger charge is 2.57. The van der Waals surface area contributed by atoms with Gasteiger partial charge in [0.25, 0.3) is 5.91 Å². The van der Waals surface area contributed by atoms with Gasteiger partial charge in [-0.3, -0.25) is 9.59 Å². The SMILES string of the molecule is COC1(CNC(=O)C2C3CCCC32)CN(C(=O)c2nc(C)ccc2C)C1. The lowest BCUT2D eigenvalue weighted by atomic mass is 9.92. The summed E-state index contributed by atoms with van der Waals surface area (Å²) in [7, 11) is 1.65. The minimum atomic E-state index is -0.479. The first-order valence-corrected chi connectivity index (χ1v) is 9.50. The Labute approximate surface area is 154 Å². The van der Waals surface area contributed by atoms with E-state index in [4.69, 9.17) is 4.74 Å². The number of ether oxygens (including phenoxy) is 1. The average Bonchev–Trinajstić information content (AvgIpc) is 3.08. The van der Waals surface area contributed by atoms with Gasteiger partial charge in [-0.25, -0.2) is 4.98 Å². The van der Waals surface area contributed by atoms with Crippen molar-refractivity contribution in [3.8, 4) is 0 Å². The van der Waals surface area contributed by atoms with Crippen molar-refractivity contribution < 1.29 is 14.3 Å². The number of hydrogen-bond donors (Lipinski definition) is 1. The maximum absolute atomic E-state index is 12.7. The van der Waals surface area contributed by atoms with E-state index >= 15 is 0 Å². The second-order valence-corrected chi connectivity index (χ2v) is 8.17. The number of carbonyl (C=O) groups excluding carboxylic acids is 2. The predicted octanol–water partition coefficient (Wildman–Crippen LogP) is 1.70. The van der Waals surface area contributed by atoms with E-state index in [0.717, 1.165) is 11.3 Å². The lowest BCUT2D eigenvalue weighted by Crippen LogP contribution is -2.68. The van der Waals surface area contributed by atoms with Crippen LogP contribution in [0.25, 0.3) is 0 Å². The molecule has 140 valence electrons. The van der Waals surface area contributed by atoms with Crippen molar-refractivity contribution in [1.29, 1.82) is 0 Å². The number of pyridine rings is 1. The van der Waals surface area contributed by atoms with Crippen LogP contribution in [0.5, 0.6) is 0 Å². The summed E-state index contributed by atoms with van der Waals surface area (Å²) in [5.74, 6) is 1.54. The Morgan fingerprint density at radius 3 is 2.62 bits per heavy atom. The van der Waals surface area contributed by atoms with Gasteiger partial charge in [-0.05, 0) is 50.2 Å². The van der Waals surface area contributed by atoms with Gasteiger partial charge in [0.2, 0.25) is 5.91 Å². The molecule has 2 aliphatic carbocycles. The fraction of sp³-hybridized carbons (Fsp3) is 0.650. The van der Waals surface area contributed by atoms with Crippen LogP contribution in [0.4, 0.5) is 0 Å². The van der Waals surface area contributed by atoms with Gasteiger partial charge >= 0.3 is 0 Å². The third-order valence-electron chi connectivity index (χ3n) is 6.41. The van der Waals surface area contributed by atoms with E-state index in [1.165, 1.54) is 19.3 Å². The van der Waals surface area contributed by atoms with Crippen LogP contribution < -0.4 is 5.32 Å². The smallest absolute Gasteiger partial charge is 0.272 e. The summed E-state index contributed by atoms with van der Waals surface area (Å²) in [6, 6.07) is 3.83. The van der Waals surface area contributed by atoms with Crippen molar-refractivity contribution in [3.63, 3.8) is 0 Å². The van der Waals surface area contributed by atoms with Crippen LogP contribution in [0.3, 0.4) is 0 Å². The van der Waals surface area contributed by atoms with Crippen molar-refractivity contribution in [3.05, 3.63) is 29.1 Å². The van der Waals surface area contributed by atoms with Crippen LogP contribution in [0, 0.1) is 31.6 Å². The second kappa shape index (κ2) is 6.34. The summed E-state index contributed by atoms with van der Waals surface area (Å²) in [6.07, 6.45) is 3.66. The molecule has 3 aliphatic rings. The van der Waals surface area contributed by atoms with Gasteiger partial charge in [0, 0.05) is 18.7 Å². The minimum Gasteiger partial charge on any atom is -0.373 e. The molecule has 1 N–H and O–H groups in total. The first-order valence-electron chi connectivity index (χ1n) is 9.50. The molecule has 2 heterocycles. The van der Waals surface area contributed by atoms with Gasteiger partial charge in [0.05, 0.1) is 19.6 Å². The molecule has 1 aromatic rings. The largest absolute Gasteiger partial charge is 0.373 e. The fourth-order valence-electron chi connectivity index (χ4n) is 4.68. The quantitative estimate of drug-likeness (QED) is 0.871. The van der Waals surface area contributed by atoms with Crippen molar-refractivity contribution in [2.45, 2.75) is 38.7 Å². The van der Waals surface area contributed by atoms with Gasteiger partial charge in [-0.2, -0.15) is 0 Å². The molecule has 0 spiro atoms. The average molecular weight is 357 g/mol. The molecule has 6 heteroatoms. The number of fused-ring (bicyclic) bond motifs is 1. The van der Waals surface area contributed by atoms with Gasteiger partial charge in [0.1, 0.15) is 11.3 Å². The van der Waals surface area contributed by atoms with Crippen LogP contribution in [0.1, 0.15) is 41.0 Å². The van der Waals surface area contributed by atoms with Gasteiger partial charge < -0.3 is 15.0 Å². The molecule has 1 aromatic heterocycles. The Morgan fingerprint density at radius 1 is 1.27 bits per heavy atom. The minimum absolute atomic E-state index is 0.0677. The molecule has 2 unspecified atom stereocenters. The number of carbonyl (C=O) groups is 2. The van der Waals surface area contributed by atoms with Crippen LogP contribution >= 0.6 is 0 Å². The van der Waals surface area contributed by atoms with Crippen LogP contribution in [-0.2, 0) is 9.53 Å². The number of methoxy groups -OCH3 is 1. The zero-order valence-corrected chi connectivity index (χ0v) is 15.7. The molecule has 2 amide bonds. The molecule has 2 saturated carbocycles. The maximum Gasteiger partial charge on any atom is 0.272 e. The fourth-order valence-corrected chi connectivity index (χ4v) is 4.68. The number of hydrogen-bond acceptors (Lipinski definition) is 4. The molecule has 1 aliphatic heterocycles. The Morgan fingerprint density at radius 2 is 1.96 bits per heavy atom. The Kier molecular flexibility index (Phi) is 4.26. The highest BCUT2D eigenvalue weighted by atomic mass is 16.5. The third-order valence-corrected chi connectivity index (χ3v) is 6.41. The molecule has 0 aromatic carbocycles. The van der Waals surface area contributed by atoms with Crippen molar-refractivity contribution in [2.24, 2.45) is 17.8 Å². The van der Waals surface area contributed by atoms with Gasteiger partial charge in [-0.15, -0.1) is 0 Å².